The first-order chi connectivity index (χ1) is 20.5. The van der Waals surface area contributed by atoms with Gasteiger partial charge in [0.15, 0.2) is 0 Å². The van der Waals surface area contributed by atoms with Gasteiger partial charge in [-0.05, 0) is 29.6 Å². The van der Waals surface area contributed by atoms with E-state index in [0.29, 0.717) is 29.1 Å². The van der Waals surface area contributed by atoms with Crippen molar-refractivity contribution in [1.29, 1.82) is 0 Å². The molecule has 1 aliphatic rings. The molecule has 12 heteroatoms. The Morgan fingerprint density at radius 1 is 1.14 bits per heavy atom. The number of pyridine rings is 1. The van der Waals surface area contributed by atoms with Crippen LogP contribution in [0, 0.1) is 0 Å². The fourth-order valence-corrected chi connectivity index (χ4v) is 5.93. The summed E-state index contributed by atoms with van der Waals surface area (Å²) in [5.41, 5.74) is 10.0. The number of thiophene rings is 1. The monoisotopic (exact) mass is 607 g/mol. The van der Waals surface area contributed by atoms with Gasteiger partial charge in [-0.15, -0.1) is 11.3 Å². The number of rotatable bonds is 13. The van der Waals surface area contributed by atoms with E-state index in [9.17, 15) is 4.79 Å². The number of morpholine rings is 1. The average Bonchev–Trinajstić information content (AvgIpc) is 3.45. The lowest BCUT2D eigenvalue weighted by molar-refractivity contribution is 0.0322. The van der Waals surface area contributed by atoms with Crippen LogP contribution in [0.4, 0.5) is 11.5 Å². The van der Waals surface area contributed by atoms with Gasteiger partial charge in [0, 0.05) is 60.6 Å². The number of anilines is 2. The van der Waals surface area contributed by atoms with Crippen LogP contribution in [-0.2, 0) is 11.3 Å². The number of amides is 1. The van der Waals surface area contributed by atoms with E-state index in [4.69, 9.17) is 25.1 Å². The highest BCUT2D eigenvalue weighted by atomic mass is 32.1. The minimum atomic E-state index is -0.304. The lowest BCUT2D eigenvalue weighted by atomic mass is 10.1. The van der Waals surface area contributed by atoms with Crippen LogP contribution in [0.1, 0.15) is 21.5 Å². The summed E-state index contributed by atoms with van der Waals surface area (Å²) in [4.78, 5) is 19.1. The molecule has 5 rings (SSSR count). The van der Waals surface area contributed by atoms with Crippen molar-refractivity contribution in [2.75, 3.05) is 63.7 Å². The van der Waals surface area contributed by atoms with Crippen molar-refractivity contribution in [3.63, 3.8) is 0 Å². The summed E-state index contributed by atoms with van der Waals surface area (Å²) in [5.74, 6) is 1.51. The molecular formula is C30H34N5O5PS. The molecular weight excluding hydrogens is 573 g/mol. The second-order valence-electron chi connectivity index (χ2n) is 9.65. The van der Waals surface area contributed by atoms with Crippen molar-refractivity contribution < 1.29 is 24.1 Å². The Kier molecular flexibility index (Phi) is 10.2. The molecule has 5 N–H and O–H groups in total. The zero-order chi connectivity index (χ0) is 29.3. The Hall–Kier alpha value is -3.73. The molecule has 4 aromatic rings. The minimum Gasteiger partial charge on any atom is -0.492 e. The van der Waals surface area contributed by atoms with Crippen LogP contribution in [-0.4, -0.2) is 78.9 Å². The number of carbonyl (C=O) groups is 1. The Morgan fingerprint density at radius 2 is 1.93 bits per heavy atom. The minimum absolute atomic E-state index is 0.139. The molecule has 1 fully saturated rings. The van der Waals surface area contributed by atoms with E-state index in [1.165, 1.54) is 17.5 Å². The molecule has 0 atom stereocenters. The predicted molar refractivity (Wildman–Crippen MR) is 169 cm³/mol. The van der Waals surface area contributed by atoms with Gasteiger partial charge in [-0.2, -0.15) is 0 Å². The molecule has 10 nitrogen and oxygen atoms in total. The number of hydrogen-bond acceptors (Lipinski definition) is 9. The Balaban J connectivity index is 1.19. The summed E-state index contributed by atoms with van der Waals surface area (Å²) < 4.78 is 18.3. The first-order valence-electron chi connectivity index (χ1n) is 13.7. The third kappa shape index (κ3) is 7.56. The number of aliphatic hydroxyl groups excluding tert-OH is 1. The number of aromatic nitrogens is 1. The van der Waals surface area contributed by atoms with Gasteiger partial charge < -0.3 is 35.7 Å². The summed E-state index contributed by atoms with van der Waals surface area (Å²) in [7, 11) is 3.73. The number of carbonyl (C=O) groups excluding carboxylic acids is 1. The highest BCUT2D eigenvalue weighted by Crippen LogP contribution is 2.33. The van der Waals surface area contributed by atoms with E-state index in [1.54, 1.807) is 0 Å². The number of nitrogens with zero attached hydrogens (tertiary/aromatic N) is 2. The second kappa shape index (κ2) is 14.4. The molecule has 1 saturated heterocycles. The van der Waals surface area contributed by atoms with E-state index in [1.807, 2.05) is 53.9 Å². The van der Waals surface area contributed by atoms with Gasteiger partial charge >= 0.3 is 0 Å². The molecule has 2 aromatic carbocycles. The molecule has 0 aliphatic carbocycles. The summed E-state index contributed by atoms with van der Waals surface area (Å²) in [6.07, 6.45) is 1.46. The number of fused-ring (bicyclic) bond motifs is 1. The summed E-state index contributed by atoms with van der Waals surface area (Å²) in [5, 5.41) is 17.7. The van der Waals surface area contributed by atoms with Crippen LogP contribution in [0.3, 0.4) is 0 Å². The van der Waals surface area contributed by atoms with Crippen molar-refractivity contribution >= 4 is 53.1 Å². The van der Waals surface area contributed by atoms with Gasteiger partial charge in [-0.1, -0.05) is 27.1 Å². The molecule has 0 bridgehead atoms. The molecule has 2 aromatic heterocycles. The van der Waals surface area contributed by atoms with Gasteiger partial charge in [0.1, 0.15) is 30.5 Å². The fourth-order valence-electron chi connectivity index (χ4n) is 4.56. The van der Waals surface area contributed by atoms with Crippen molar-refractivity contribution in [2.45, 2.75) is 6.61 Å². The maximum absolute atomic E-state index is 12.5. The van der Waals surface area contributed by atoms with Crippen molar-refractivity contribution in [3.05, 3.63) is 76.8 Å². The second-order valence-corrected chi connectivity index (χ2v) is 11.0. The number of benzene rings is 2. The lowest BCUT2D eigenvalue weighted by Gasteiger charge is -2.26. The SMILES string of the molecule is Nc1ncc(C(=O)NCCO)c2scc(COc3cccc(NC(=P)c4cccc(OCCN5CCOCC5)c4)c3)c12. The first kappa shape index (κ1) is 29.8. The van der Waals surface area contributed by atoms with Crippen LogP contribution >= 0.6 is 20.2 Å². The number of nitrogen functional groups attached to an aromatic ring is 1. The molecule has 0 radical (unpaired) electrons. The first-order valence-corrected chi connectivity index (χ1v) is 15.0. The lowest BCUT2D eigenvalue weighted by Crippen LogP contribution is -2.38. The third-order valence-corrected chi connectivity index (χ3v) is 8.22. The van der Waals surface area contributed by atoms with E-state index < -0.39 is 0 Å². The predicted octanol–water partition coefficient (Wildman–Crippen LogP) is 3.62. The highest BCUT2D eigenvalue weighted by molar-refractivity contribution is 7.22. The number of ether oxygens (including phenoxy) is 3. The molecule has 1 amide bonds. The number of nitrogens with two attached hydrogens (primary N) is 1. The van der Waals surface area contributed by atoms with Gasteiger partial charge in [0.05, 0.1) is 35.5 Å². The smallest absolute Gasteiger partial charge is 0.254 e. The van der Waals surface area contributed by atoms with Crippen LogP contribution in [0.2, 0.25) is 0 Å². The van der Waals surface area contributed by atoms with Gasteiger partial charge in [-0.3, -0.25) is 9.69 Å². The van der Waals surface area contributed by atoms with E-state index in [0.717, 1.165) is 65.5 Å². The molecule has 42 heavy (non-hydrogen) atoms. The van der Waals surface area contributed by atoms with Gasteiger partial charge in [0.25, 0.3) is 5.91 Å². The fraction of sp³-hybridized carbons (Fsp3) is 0.300. The summed E-state index contributed by atoms with van der Waals surface area (Å²) in [6, 6.07) is 15.6. The standard InChI is InChI=1S/C30H34N5O5PS/c31-28-26-21(19-42-27(26)25(17-33-28)29(37)32-7-11-36)18-40-24-6-2-4-22(16-24)34-30(41)20-3-1-5-23(15-20)39-14-10-35-8-12-38-13-9-35/h1-6,15-17,19,34,36,41H,7-14,18H2,(H2,31,33)(H,32,37). The molecule has 0 saturated carbocycles. The van der Waals surface area contributed by atoms with Gasteiger partial charge in [0.2, 0.25) is 0 Å². The topological polar surface area (TPSA) is 131 Å². The van der Waals surface area contributed by atoms with E-state index in [-0.39, 0.29) is 25.7 Å². The Labute approximate surface area is 250 Å². The average molecular weight is 608 g/mol. The van der Waals surface area contributed by atoms with Crippen LogP contribution < -0.4 is 25.8 Å². The Morgan fingerprint density at radius 3 is 2.74 bits per heavy atom. The Bertz CT molecular complexity index is 1540. The zero-order valence-corrected chi connectivity index (χ0v) is 24.9. The van der Waals surface area contributed by atoms with Crippen molar-refractivity contribution in [2.24, 2.45) is 0 Å². The largest absolute Gasteiger partial charge is 0.492 e. The normalized spacial score (nSPS) is 13.5. The zero-order valence-electron chi connectivity index (χ0n) is 23.1. The van der Waals surface area contributed by atoms with Crippen LogP contribution in [0.15, 0.2) is 60.1 Å². The molecule has 3 heterocycles. The summed E-state index contributed by atoms with van der Waals surface area (Å²) >= 11 is 1.41. The highest BCUT2D eigenvalue weighted by Gasteiger charge is 2.17. The number of hydrogen-bond donors (Lipinski definition) is 4. The van der Waals surface area contributed by atoms with E-state index in [2.05, 4.69) is 29.4 Å². The van der Waals surface area contributed by atoms with E-state index >= 15 is 0 Å². The van der Waals surface area contributed by atoms with Crippen molar-refractivity contribution in [1.82, 2.24) is 15.2 Å². The van der Waals surface area contributed by atoms with Crippen molar-refractivity contribution in [3.8, 4) is 11.5 Å². The maximum atomic E-state index is 12.5. The summed E-state index contributed by atoms with van der Waals surface area (Å²) in [6.45, 7) is 5.20. The van der Waals surface area contributed by atoms with Crippen LogP contribution in [0.5, 0.6) is 11.5 Å². The molecule has 220 valence electrons. The molecule has 0 unspecified atom stereocenters. The van der Waals surface area contributed by atoms with Gasteiger partial charge in [-0.25, -0.2) is 4.98 Å². The number of nitrogens with one attached hydrogen (secondary N) is 2. The maximum Gasteiger partial charge on any atom is 0.254 e. The molecule has 1 aliphatic heterocycles. The quantitative estimate of drug-likeness (QED) is 0.168. The third-order valence-electron chi connectivity index (χ3n) is 6.74. The molecule has 0 spiro atoms. The van der Waals surface area contributed by atoms with Crippen LogP contribution in [0.25, 0.3) is 10.1 Å². The number of aliphatic hydroxyl groups is 1.